The van der Waals surface area contributed by atoms with Crippen molar-refractivity contribution in [3.63, 3.8) is 0 Å². The van der Waals surface area contributed by atoms with Crippen molar-refractivity contribution in [2.24, 2.45) is 5.92 Å². The molecular weight excluding hydrogens is 386 g/mol. The van der Waals surface area contributed by atoms with Crippen LogP contribution in [0.4, 0.5) is 5.69 Å². The molecule has 1 aliphatic rings. The van der Waals surface area contributed by atoms with Crippen LogP contribution in [-0.2, 0) is 0 Å². The van der Waals surface area contributed by atoms with Crippen molar-refractivity contribution in [1.82, 2.24) is 30.1 Å². The zero-order chi connectivity index (χ0) is 20.8. The molecule has 6 rings (SSSR count). The van der Waals surface area contributed by atoms with Gasteiger partial charge in [0.25, 0.3) is 0 Å². The van der Waals surface area contributed by atoms with E-state index in [1.165, 1.54) is 19.3 Å². The summed E-state index contributed by atoms with van der Waals surface area (Å²) in [6.07, 6.45) is 12.9. The summed E-state index contributed by atoms with van der Waals surface area (Å²) >= 11 is 0. The zero-order valence-electron chi connectivity index (χ0n) is 16.9. The maximum absolute atomic E-state index is 4.56. The van der Waals surface area contributed by atoms with Crippen LogP contribution in [0.25, 0.3) is 44.5 Å². The van der Waals surface area contributed by atoms with Crippen LogP contribution in [0.3, 0.4) is 0 Å². The van der Waals surface area contributed by atoms with Crippen molar-refractivity contribution in [1.29, 1.82) is 0 Å². The number of fused-ring (bicyclic) bond motifs is 2. The second-order valence-corrected chi connectivity index (χ2v) is 8.08. The Balaban J connectivity index is 1.37. The van der Waals surface area contributed by atoms with Crippen LogP contribution in [0.2, 0.25) is 0 Å². The van der Waals surface area contributed by atoms with E-state index in [1.54, 1.807) is 6.20 Å². The van der Waals surface area contributed by atoms with Crippen molar-refractivity contribution in [2.45, 2.75) is 19.3 Å². The molecule has 7 heteroatoms. The second-order valence-electron chi connectivity index (χ2n) is 8.08. The van der Waals surface area contributed by atoms with Crippen LogP contribution < -0.4 is 5.32 Å². The molecule has 152 valence electrons. The highest BCUT2D eigenvalue weighted by Gasteiger charge is 2.20. The van der Waals surface area contributed by atoms with Gasteiger partial charge in [-0.05, 0) is 43.0 Å². The fourth-order valence-corrected chi connectivity index (χ4v) is 4.08. The van der Waals surface area contributed by atoms with E-state index in [0.717, 1.165) is 50.2 Å². The standard InChI is InChI=1S/C24H21N7/c1-14(15-3-2-4-15)28-19-7-17(10-26-12-19)18-8-20-23(30-31-24(20)27-11-18)21-9-16-5-6-25-13-22(16)29-21/h5-13,15,28-29H,1-4H2,(H,27,30,31). The lowest BCUT2D eigenvalue weighted by Gasteiger charge is -2.28. The van der Waals surface area contributed by atoms with E-state index in [-0.39, 0.29) is 0 Å². The van der Waals surface area contributed by atoms with Gasteiger partial charge in [-0.3, -0.25) is 15.1 Å². The Morgan fingerprint density at radius 3 is 2.77 bits per heavy atom. The summed E-state index contributed by atoms with van der Waals surface area (Å²) in [5, 5.41) is 13.0. The number of allylic oxidation sites excluding steroid dienone is 1. The minimum atomic E-state index is 0.571. The fraction of sp³-hybridized carbons (Fsp3) is 0.167. The molecule has 0 amide bonds. The number of hydrogen-bond acceptors (Lipinski definition) is 5. The van der Waals surface area contributed by atoms with Gasteiger partial charge in [-0.1, -0.05) is 13.0 Å². The van der Waals surface area contributed by atoms with Gasteiger partial charge in [0, 0.05) is 46.2 Å². The van der Waals surface area contributed by atoms with Crippen molar-refractivity contribution >= 4 is 27.6 Å². The number of nitrogens with one attached hydrogen (secondary N) is 3. The molecule has 3 N–H and O–H groups in total. The molecule has 0 bridgehead atoms. The average molecular weight is 407 g/mol. The molecule has 1 fully saturated rings. The molecule has 7 nitrogen and oxygen atoms in total. The van der Waals surface area contributed by atoms with Crippen molar-refractivity contribution < 1.29 is 0 Å². The molecule has 0 aliphatic heterocycles. The van der Waals surface area contributed by atoms with Crippen molar-refractivity contribution in [2.75, 3.05) is 5.32 Å². The molecule has 1 aliphatic carbocycles. The Bertz CT molecular complexity index is 1390. The molecule has 0 atom stereocenters. The zero-order valence-corrected chi connectivity index (χ0v) is 16.9. The SMILES string of the molecule is C=C(Nc1cncc(-c2cnc3n[nH]c(-c4cc5ccncc5[nH]4)c3c2)c1)C1CCC1. The third-order valence-electron chi connectivity index (χ3n) is 6.08. The summed E-state index contributed by atoms with van der Waals surface area (Å²) in [4.78, 5) is 16.6. The van der Waals surface area contributed by atoms with Crippen molar-refractivity contribution in [3.8, 4) is 22.5 Å². The Hall–Kier alpha value is -4.00. The van der Waals surface area contributed by atoms with Gasteiger partial charge in [-0.2, -0.15) is 5.10 Å². The van der Waals surface area contributed by atoms with Gasteiger partial charge in [0.2, 0.25) is 0 Å². The molecular formula is C24H21N7. The summed E-state index contributed by atoms with van der Waals surface area (Å²) in [6, 6.07) is 8.27. The predicted molar refractivity (Wildman–Crippen MR) is 122 cm³/mol. The lowest BCUT2D eigenvalue weighted by atomic mass is 9.83. The van der Waals surface area contributed by atoms with Crippen LogP contribution in [0.5, 0.6) is 0 Å². The molecule has 5 aromatic rings. The number of aromatic nitrogens is 6. The quantitative estimate of drug-likeness (QED) is 0.368. The number of H-pyrrole nitrogens is 2. The van der Waals surface area contributed by atoms with Gasteiger partial charge in [0.1, 0.15) is 0 Å². The maximum atomic E-state index is 4.56. The number of nitrogens with zero attached hydrogens (tertiary/aromatic N) is 4. The largest absolute Gasteiger partial charge is 0.358 e. The number of aromatic amines is 2. The van der Waals surface area contributed by atoms with E-state index >= 15 is 0 Å². The van der Waals surface area contributed by atoms with E-state index in [1.807, 2.05) is 30.9 Å². The van der Waals surface area contributed by atoms with Crippen LogP contribution in [0, 0.1) is 5.92 Å². The molecule has 5 heterocycles. The number of anilines is 1. The van der Waals surface area contributed by atoms with Gasteiger partial charge in [-0.15, -0.1) is 0 Å². The van der Waals surface area contributed by atoms with E-state index < -0.39 is 0 Å². The normalized spacial score (nSPS) is 14.1. The van der Waals surface area contributed by atoms with Crippen LogP contribution in [0.1, 0.15) is 19.3 Å². The Morgan fingerprint density at radius 1 is 1.03 bits per heavy atom. The van der Waals surface area contributed by atoms with Gasteiger partial charge in [0.05, 0.1) is 35.0 Å². The first-order valence-corrected chi connectivity index (χ1v) is 10.4. The van der Waals surface area contributed by atoms with Gasteiger partial charge in [-0.25, -0.2) is 4.98 Å². The van der Waals surface area contributed by atoms with E-state index in [0.29, 0.717) is 11.6 Å². The van der Waals surface area contributed by atoms with Crippen molar-refractivity contribution in [3.05, 3.63) is 67.5 Å². The van der Waals surface area contributed by atoms with Gasteiger partial charge < -0.3 is 10.3 Å². The van der Waals surface area contributed by atoms with Gasteiger partial charge in [0.15, 0.2) is 5.65 Å². The monoisotopic (exact) mass is 407 g/mol. The number of hydrogen-bond donors (Lipinski definition) is 3. The van der Waals surface area contributed by atoms with E-state index in [2.05, 4.69) is 60.2 Å². The minimum absolute atomic E-state index is 0.571. The summed E-state index contributed by atoms with van der Waals surface area (Å²) < 4.78 is 0. The Kier molecular flexibility index (Phi) is 4.06. The third-order valence-corrected chi connectivity index (χ3v) is 6.08. The van der Waals surface area contributed by atoms with Crippen LogP contribution >= 0.6 is 0 Å². The molecule has 0 saturated heterocycles. The molecule has 0 radical (unpaired) electrons. The lowest BCUT2D eigenvalue weighted by Crippen LogP contribution is -2.18. The Labute approximate surface area is 178 Å². The summed E-state index contributed by atoms with van der Waals surface area (Å²) in [7, 11) is 0. The van der Waals surface area contributed by atoms with E-state index in [4.69, 9.17) is 0 Å². The first-order chi connectivity index (χ1) is 15.2. The third kappa shape index (κ3) is 3.15. The summed E-state index contributed by atoms with van der Waals surface area (Å²) in [5.41, 5.74) is 7.52. The van der Waals surface area contributed by atoms with Crippen LogP contribution in [-0.4, -0.2) is 30.1 Å². The Morgan fingerprint density at radius 2 is 1.94 bits per heavy atom. The number of rotatable bonds is 5. The lowest BCUT2D eigenvalue weighted by molar-refractivity contribution is 0.371. The minimum Gasteiger partial charge on any atom is -0.358 e. The maximum Gasteiger partial charge on any atom is 0.181 e. The summed E-state index contributed by atoms with van der Waals surface area (Å²) in [5.74, 6) is 0.571. The van der Waals surface area contributed by atoms with Gasteiger partial charge >= 0.3 is 0 Å². The van der Waals surface area contributed by atoms with E-state index in [9.17, 15) is 0 Å². The second kappa shape index (κ2) is 7.05. The summed E-state index contributed by atoms with van der Waals surface area (Å²) in [6.45, 7) is 4.20. The average Bonchev–Trinajstić information content (AvgIpc) is 3.36. The van der Waals surface area contributed by atoms with Crippen LogP contribution in [0.15, 0.2) is 67.5 Å². The topological polar surface area (TPSA) is 95.2 Å². The number of pyridine rings is 3. The smallest absolute Gasteiger partial charge is 0.181 e. The fourth-order valence-electron chi connectivity index (χ4n) is 4.08. The molecule has 0 aromatic carbocycles. The molecule has 0 unspecified atom stereocenters. The first-order valence-electron chi connectivity index (χ1n) is 10.4. The molecule has 1 saturated carbocycles. The first kappa shape index (κ1) is 17.8. The molecule has 0 spiro atoms. The predicted octanol–water partition coefficient (Wildman–Crippen LogP) is 5.29. The highest BCUT2D eigenvalue weighted by atomic mass is 15.2. The highest BCUT2D eigenvalue weighted by molar-refractivity contribution is 5.95. The highest BCUT2D eigenvalue weighted by Crippen LogP contribution is 2.34. The molecule has 5 aromatic heterocycles. The molecule has 31 heavy (non-hydrogen) atoms.